The quantitative estimate of drug-likeness (QED) is 0.516. The van der Waals surface area contributed by atoms with E-state index in [-0.39, 0.29) is 18.4 Å². The van der Waals surface area contributed by atoms with Crippen LogP contribution in [-0.2, 0) is 14.9 Å². The maximum absolute atomic E-state index is 11.0. The minimum Gasteiger partial charge on any atom is -0.748 e. The lowest BCUT2D eigenvalue weighted by Crippen LogP contribution is -2.31. The summed E-state index contributed by atoms with van der Waals surface area (Å²) in [6.07, 6.45) is 0. The molecule has 0 heterocycles. The lowest BCUT2D eigenvalue weighted by Gasteiger charge is -2.14. The zero-order chi connectivity index (χ0) is 11.4. The van der Waals surface area contributed by atoms with E-state index in [1.807, 2.05) is 0 Å². The maximum atomic E-state index is 11.0. The van der Waals surface area contributed by atoms with Gasteiger partial charge in [-0.3, -0.25) is 4.79 Å². The Bertz CT molecular complexity index is 320. The van der Waals surface area contributed by atoms with Gasteiger partial charge in [-0.15, -0.1) is 0 Å². The van der Waals surface area contributed by atoms with Crippen LogP contribution in [0.4, 0.5) is 0 Å². The summed E-state index contributed by atoms with van der Waals surface area (Å²) in [5.74, 6) is -1.19. The first-order chi connectivity index (χ1) is 6.22. The van der Waals surface area contributed by atoms with Crippen molar-refractivity contribution in [2.45, 2.75) is 13.8 Å². The Balaban J connectivity index is 3.92. The van der Waals surface area contributed by atoms with Crippen LogP contribution in [0.25, 0.3) is 0 Å². The molecule has 0 rings (SSSR count). The molecular formula is C8H14NO4S-. The van der Waals surface area contributed by atoms with Crippen LogP contribution in [0, 0.1) is 5.92 Å². The van der Waals surface area contributed by atoms with E-state index < -0.39 is 15.9 Å². The molecule has 0 radical (unpaired) electrons. The Hall–Kier alpha value is -0.880. The largest absolute Gasteiger partial charge is 0.748 e. The molecule has 1 amide bonds. The molecule has 6 heteroatoms. The Morgan fingerprint density at radius 2 is 2.07 bits per heavy atom. The molecule has 0 aromatic carbocycles. The predicted octanol–water partition coefficient (Wildman–Crippen LogP) is -0.140. The van der Waals surface area contributed by atoms with Crippen molar-refractivity contribution in [2.24, 2.45) is 5.92 Å². The fraction of sp³-hybridized carbons (Fsp3) is 0.625. The molecule has 0 aliphatic heterocycles. The second-order valence-corrected chi connectivity index (χ2v) is 4.77. The first-order valence-corrected chi connectivity index (χ1v) is 5.67. The third-order valence-electron chi connectivity index (χ3n) is 1.49. The molecule has 0 spiro atoms. The summed E-state index contributed by atoms with van der Waals surface area (Å²) in [4.78, 5) is 11.0. The second-order valence-electron chi connectivity index (χ2n) is 3.32. The first kappa shape index (κ1) is 13.1. The van der Waals surface area contributed by atoms with Crippen molar-refractivity contribution in [2.75, 3.05) is 12.3 Å². The molecule has 1 unspecified atom stereocenters. The summed E-state index contributed by atoms with van der Waals surface area (Å²) >= 11 is 0. The smallest absolute Gasteiger partial charge is 0.246 e. The van der Waals surface area contributed by atoms with Gasteiger partial charge in [-0.05, 0) is 12.8 Å². The van der Waals surface area contributed by atoms with E-state index in [1.165, 1.54) is 0 Å². The highest BCUT2D eigenvalue weighted by Crippen LogP contribution is 1.98. The fourth-order valence-corrected chi connectivity index (χ4v) is 1.64. The van der Waals surface area contributed by atoms with Crippen molar-refractivity contribution in [1.82, 2.24) is 5.32 Å². The molecule has 0 aliphatic rings. The van der Waals surface area contributed by atoms with Crippen LogP contribution in [0.3, 0.4) is 0 Å². The maximum Gasteiger partial charge on any atom is 0.246 e. The molecular weight excluding hydrogens is 206 g/mol. The third-order valence-corrected chi connectivity index (χ3v) is 2.46. The van der Waals surface area contributed by atoms with Crippen LogP contribution in [0.2, 0.25) is 0 Å². The van der Waals surface area contributed by atoms with E-state index in [0.29, 0.717) is 5.57 Å². The molecule has 0 fully saturated rings. The first-order valence-electron chi connectivity index (χ1n) is 4.09. The summed E-state index contributed by atoms with van der Waals surface area (Å²) in [5, 5.41) is 2.46. The summed E-state index contributed by atoms with van der Waals surface area (Å²) in [6, 6.07) is 0. The Labute approximate surface area is 83.9 Å². The molecule has 0 aliphatic carbocycles. The normalized spacial score (nSPS) is 13.4. The van der Waals surface area contributed by atoms with Gasteiger partial charge < -0.3 is 9.87 Å². The van der Waals surface area contributed by atoms with Gasteiger partial charge in [0.15, 0.2) is 0 Å². The number of rotatable bonds is 5. The van der Waals surface area contributed by atoms with Crippen LogP contribution in [0.1, 0.15) is 13.8 Å². The summed E-state index contributed by atoms with van der Waals surface area (Å²) in [7, 11) is -4.22. The van der Waals surface area contributed by atoms with E-state index in [4.69, 9.17) is 0 Å². The molecule has 82 valence electrons. The molecule has 14 heavy (non-hydrogen) atoms. The second kappa shape index (κ2) is 5.11. The highest BCUT2D eigenvalue weighted by atomic mass is 32.2. The third kappa shape index (κ3) is 6.62. The highest BCUT2D eigenvalue weighted by molar-refractivity contribution is 7.85. The molecule has 1 N–H and O–H groups in total. The van der Waals surface area contributed by atoms with Gasteiger partial charge in [0.05, 0.1) is 10.1 Å². The number of carbonyl (C=O) groups excluding carboxylic acids is 1. The van der Waals surface area contributed by atoms with Gasteiger partial charge in [-0.2, -0.15) is 0 Å². The molecule has 0 saturated heterocycles. The van der Waals surface area contributed by atoms with Crippen LogP contribution < -0.4 is 5.32 Å². The van der Waals surface area contributed by atoms with Crippen molar-refractivity contribution in [3.8, 4) is 0 Å². The van der Waals surface area contributed by atoms with Crippen LogP contribution >= 0.6 is 0 Å². The average Bonchev–Trinajstić information content (AvgIpc) is 1.96. The number of hydrogen-bond acceptors (Lipinski definition) is 4. The van der Waals surface area contributed by atoms with Gasteiger partial charge in [0.2, 0.25) is 5.91 Å². The zero-order valence-electron chi connectivity index (χ0n) is 8.24. The van der Waals surface area contributed by atoms with E-state index in [1.54, 1.807) is 13.8 Å². The van der Waals surface area contributed by atoms with Crippen molar-refractivity contribution in [3.63, 3.8) is 0 Å². The van der Waals surface area contributed by atoms with Gasteiger partial charge in [-0.1, -0.05) is 13.5 Å². The van der Waals surface area contributed by atoms with Crippen LogP contribution in [0.5, 0.6) is 0 Å². The zero-order valence-corrected chi connectivity index (χ0v) is 9.06. The number of nitrogens with one attached hydrogen (secondary N) is 1. The summed E-state index contributed by atoms with van der Waals surface area (Å²) in [6.45, 7) is 6.70. The number of carbonyl (C=O) groups is 1. The van der Waals surface area contributed by atoms with Crippen molar-refractivity contribution < 1.29 is 17.8 Å². The van der Waals surface area contributed by atoms with E-state index in [2.05, 4.69) is 11.9 Å². The SMILES string of the molecule is C=C(C)C(=O)NCC(C)CS(=O)(=O)[O-]. The highest BCUT2D eigenvalue weighted by Gasteiger charge is 2.08. The average molecular weight is 220 g/mol. The molecule has 5 nitrogen and oxygen atoms in total. The summed E-state index contributed by atoms with van der Waals surface area (Å²) < 4.78 is 31.0. The Morgan fingerprint density at radius 3 is 2.43 bits per heavy atom. The lowest BCUT2D eigenvalue weighted by molar-refractivity contribution is -0.117. The van der Waals surface area contributed by atoms with Gasteiger partial charge in [-0.25, -0.2) is 8.42 Å². The Kier molecular flexibility index (Phi) is 4.79. The molecule has 0 saturated carbocycles. The number of hydrogen-bond donors (Lipinski definition) is 1. The van der Waals surface area contributed by atoms with Gasteiger partial charge in [0.1, 0.15) is 0 Å². The lowest BCUT2D eigenvalue weighted by atomic mass is 10.2. The van der Waals surface area contributed by atoms with Crippen molar-refractivity contribution >= 4 is 16.0 Å². The van der Waals surface area contributed by atoms with Gasteiger partial charge in [0, 0.05) is 17.9 Å². The summed E-state index contributed by atoms with van der Waals surface area (Å²) in [5.41, 5.74) is 0.349. The van der Waals surface area contributed by atoms with Gasteiger partial charge >= 0.3 is 0 Å². The van der Waals surface area contributed by atoms with Crippen molar-refractivity contribution in [1.29, 1.82) is 0 Å². The van der Waals surface area contributed by atoms with Crippen molar-refractivity contribution in [3.05, 3.63) is 12.2 Å². The van der Waals surface area contributed by atoms with E-state index in [0.717, 1.165) is 0 Å². The number of amides is 1. The Morgan fingerprint density at radius 1 is 1.57 bits per heavy atom. The van der Waals surface area contributed by atoms with E-state index >= 15 is 0 Å². The molecule has 0 aromatic rings. The molecule has 0 bridgehead atoms. The fourth-order valence-electron chi connectivity index (χ4n) is 0.825. The van der Waals surface area contributed by atoms with E-state index in [9.17, 15) is 17.8 Å². The minimum absolute atomic E-state index is 0.160. The standard InChI is InChI=1S/C8H15NO4S/c1-6(2)8(10)9-4-7(3)5-14(11,12)13/h7H,1,4-5H2,2-3H3,(H,9,10)(H,11,12,13)/p-1. The van der Waals surface area contributed by atoms with Crippen LogP contribution in [0.15, 0.2) is 12.2 Å². The minimum atomic E-state index is -4.22. The molecule has 1 atom stereocenters. The predicted molar refractivity (Wildman–Crippen MR) is 51.6 cm³/mol. The van der Waals surface area contributed by atoms with Crippen LogP contribution in [-0.4, -0.2) is 31.2 Å². The topological polar surface area (TPSA) is 86.3 Å². The monoisotopic (exact) mass is 220 g/mol. The van der Waals surface area contributed by atoms with Gasteiger partial charge in [0.25, 0.3) is 0 Å². The molecule has 0 aromatic heterocycles.